The Hall–Kier alpha value is -3.28. The van der Waals surface area contributed by atoms with Crippen LogP contribution in [0.4, 0.5) is 4.79 Å². The van der Waals surface area contributed by atoms with Crippen LogP contribution in [0.25, 0.3) is 0 Å². The number of benzene rings is 2. The zero-order valence-corrected chi connectivity index (χ0v) is 23.9. The molecule has 0 saturated carbocycles. The molecule has 10 nitrogen and oxygen atoms in total. The first-order chi connectivity index (χ1) is 18.8. The molecule has 0 unspecified atom stereocenters. The van der Waals surface area contributed by atoms with Crippen LogP contribution in [-0.4, -0.2) is 59.6 Å². The Balaban J connectivity index is 1.64. The molecule has 3 rings (SSSR count). The molecule has 0 fully saturated rings. The van der Waals surface area contributed by atoms with E-state index in [9.17, 15) is 13.2 Å². The van der Waals surface area contributed by atoms with Crippen LogP contribution in [0.2, 0.25) is 0 Å². The van der Waals surface area contributed by atoms with Crippen molar-refractivity contribution >= 4 is 16.1 Å². The van der Waals surface area contributed by atoms with Crippen molar-refractivity contribution in [3.05, 3.63) is 83.4 Å². The summed E-state index contributed by atoms with van der Waals surface area (Å²) in [4.78, 5) is 19.0. The van der Waals surface area contributed by atoms with Gasteiger partial charge in [0.15, 0.2) is 5.82 Å². The van der Waals surface area contributed by atoms with Gasteiger partial charge in [0.05, 0.1) is 18.3 Å². The maximum atomic E-state index is 13.0. The van der Waals surface area contributed by atoms with Gasteiger partial charge in [0.2, 0.25) is 10.0 Å². The summed E-state index contributed by atoms with van der Waals surface area (Å²) in [5, 5.41) is 7.18. The van der Waals surface area contributed by atoms with Crippen LogP contribution in [0.15, 0.2) is 60.7 Å². The minimum absolute atomic E-state index is 0.0276. The van der Waals surface area contributed by atoms with Gasteiger partial charge in [0.25, 0.3) is 0 Å². The molecule has 0 aliphatic heterocycles. The molecule has 2 N–H and O–H groups in total. The fourth-order valence-electron chi connectivity index (χ4n) is 4.16. The molecule has 2 aromatic carbocycles. The van der Waals surface area contributed by atoms with Gasteiger partial charge < -0.3 is 15.0 Å². The number of sulfonamides is 1. The number of ether oxygens (including phenoxy) is 1. The highest BCUT2D eigenvalue weighted by Gasteiger charge is 2.24. The number of rotatable bonds is 16. The van der Waals surface area contributed by atoms with Gasteiger partial charge >= 0.3 is 6.09 Å². The van der Waals surface area contributed by atoms with E-state index in [-0.39, 0.29) is 18.9 Å². The first-order valence-corrected chi connectivity index (χ1v) is 15.1. The van der Waals surface area contributed by atoms with E-state index in [0.29, 0.717) is 30.9 Å². The summed E-state index contributed by atoms with van der Waals surface area (Å²) in [6.45, 7) is 6.89. The number of nitrogens with zero attached hydrogens (tertiary/aromatic N) is 4. The minimum Gasteiger partial charge on any atom is -0.445 e. The van der Waals surface area contributed by atoms with Crippen molar-refractivity contribution in [2.24, 2.45) is 7.05 Å². The van der Waals surface area contributed by atoms with Gasteiger partial charge in [-0.25, -0.2) is 22.9 Å². The zero-order chi connectivity index (χ0) is 28.1. The maximum Gasteiger partial charge on any atom is 0.407 e. The average Bonchev–Trinajstić information content (AvgIpc) is 3.32. The molecule has 212 valence electrons. The molecule has 0 radical (unpaired) electrons. The summed E-state index contributed by atoms with van der Waals surface area (Å²) in [7, 11) is -1.85. The molecule has 0 aliphatic rings. The minimum atomic E-state index is -3.56. The third-order valence-corrected chi connectivity index (χ3v) is 7.92. The molecular formula is C28H40N6O4S. The highest BCUT2D eigenvalue weighted by Crippen LogP contribution is 2.19. The second-order valence-electron chi connectivity index (χ2n) is 9.32. The Morgan fingerprint density at radius 1 is 1.03 bits per heavy atom. The van der Waals surface area contributed by atoms with E-state index >= 15 is 0 Å². The number of carbonyl (C=O) groups is 1. The van der Waals surface area contributed by atoms with Crippen molar-refractivity contribution in [2.45, 2.75) is 52.3 Å². The average molecular weight is 557 g/mol. The number of carbonyl (C=O) groups excluding carboxylic acids is 1. The number of aryl methyl sites for hydroxylation is 2. The molecule has 1 amide bonds. The lowest BCUT2D eigenvalue weighted by molar-refractivity contribution is 0.138. The lowest BCUT2D eigenvalue weighted by Crippen LogP contribution is -2.33. The number of aromatic nitrogens is 3. The molecular weight excluding hydrogens is 516 g/mol. The molecule has 0 spiro atoms. The number of amides is 1. The predicted molar refractivity (Wildman–Crippen MR) is 151 cm³/mol. The van der Waals surface area contributed by atoms with E-state index in [0.717, 1.165) is 30.8 Å². The quantitative estimate of drug-likeness (QED) is 0.277. The van der Waals surface area contributed by atoms with Gasteiger partial charge in [-0.05, 0) is 50.0 Å². The van der Waals surface area contributed by atoms with E-state index < -0.39 is 22.2 Å². The van der Waals surface area contributed by atoms with Gasteiger partial charge in [-0.2, -0.15) is 5.10 Å². The Kier molecular flexibility index (Phi) is 11.9. The van der Waals surface area contributed by atoms with Crippen LogP contribution < -0.4 is 10.0 Å². The Morgan fingerprint density at radius 3 is 2.31 bits per heavy atom. The fourth-order valence-corrected chi connectivity index (χ4v) is 5.44. The maximum absolute atomic E-state index is 13.0. The molecule has 0 bridgehead atoms. The van der Waals surface area contributed by atoms with Gasteiger partial charge in [-0.1, -0.05) is 74.5 Å². The van der Waals surface area contributed by atoms with Crippen molar-refractivity contribution in [3.8, 4) is 0 Å². The second kappa shape index (κ2) is 15.3. The zero-order valence-electron chi connectivity index (χ0n) is 23.0. The molecule has 0 saturated heterocycles. The van der Waals surface area contributed by atoms with Crippen LogP contribution in [0.1, 0.15) is 55.5 Å². The molecule has 1 aromatic heterocycles. The van der Waals surface area contributed by atoms with Crippen LogP contribution in [0.3, 0.4) is 0 Å². The highest BCUT2D eigenvalue weighted by atomic mass is 32.2. The van der Waals surface area contributed by atoms with E-state index in [2.05, 4.69) is 38.9 Å². The first-order valence-electron chi connectivity index (χ1n) is 13.4. The van der Waals surface area contributed by atoms with Gasteiger partial charge in [0, 0.05) is 7.05 Å². The summed E-state index contributed by atoms with van der Waals surface area (Å²) in [5.41, 5.74) is 1.99. The predicted octanol–water partition coefficient (Wildman–Crippen LogP) is 3.57. The lowest BCUT2D eigenvalue weighted by atomic mass is 10.1. The second-order valence-corrected chi connectivity index (χ2v) is 11.2. The molecule has 0 aliphatic carbocycles. The van der Waals surface area contributed by atoms with Crippen molar-refractivity contribution in [2.75, 3.05) is 25.4 Å². The third-order valence-electron chi connectivity index (χ3n) is 6.45. The van der Waals surface area contributed by atoms with Crippen molar-refractivity contribution in [1.82, 2.24) is 29.7 Å². The number of hydrogen-bond acceptors (Lipinski definition) is 7. The number of nitrogens with one attached hydrogen (secondary N) is 2. The van der Waals surface area contributed by atoms with Crippen LogP contribution in [0, 0.1) is 0 Å². The summed E-state index contributed by atoms with van der Waals surface area (Å²) in [6.07, 6.45) is 1.12. The standard InChI is InChI=1S/C28H40N6O4S/c1-4-34(5-2)19-12-20-39(36,37)32-25(18-17-23-13-8-6-9-14-23)27-30-26(33(3)31-27)21-29-28(35)38-22-24-15-10-7-11-16-24/h6-11,13-16,25,32H,4-5,12,17-22H2,1-3H3,(H,29,35)/t25-/m1/s1. The summed E-state index contributed by atoms with van der Waals surface area (Å²) >= 11 is 0. The largest absolute Gasteiger partial charge is 0.445 e. The van der Waals surface area contributed by atoms with E-state index in [1.54, 1.807) is 11.7 Å². The SMILES string of the molecule is CCN(CC)CCCS(=O)(=O)N[C@H](CCc1ccccc1)c1nc(CNC(=O)OCc2ccccc2)n(C)n1. The normalized spacial score (nSPS) is 12.4. The van der Waals surface area contributed by atoms with Crippen LogP contribution >= 0.6 is 0 Å². The monoisotopic (exact) mass is 556 g/mol. The van der Waals surface area contributed by atoms with Gasteiger partial charge in [-0.15, -0.1) is 0 Å². The molecule has 3 aromatic rings. The Morgan fingerprint density at radius 2 is 1.67 bits per heavy atom. The highest BCUT2D eigenvalue weighted by molar-refractivity contribution is 7.89. The first kappa shape index (κ1) is 30.3. The lowest BCUT2D eigenvalue weighted by Gasteiger charge is -2.19. The van der Waals surface area contributed by atoms with Crippen LogP contribution in [0.5, 0.6) is 0 Å². The molecule has 1 atom stereocenters. The van der Waals surface area contributed by atoms with Crippen molar-refractivity contribution in [3.63, 3.8) is 0 Å². The smallest absolute Gasteiger partial charge is 0.407 e. The van der Waals surface area contributed by atoms with E-state index in [1.165, 1.54) is 0 Å². The number of hydrogen-bond donors (Lipinski definition) is 2. The topological polar surface area (TPSA) is 118 Å². The van der Waals surface area contributed by atoms with E-state index in [1.807, 2.05) is 60.7 Å². The van der Waals surface area contributed by atoms with Crippen LogP contribution in [-0.2, 0) is 41.4 Å². The van der Waals surface area contributed by atoms with Gasteiger partial charge in [0.1, 0.15) is 12.4 Å². The molecule has 1 heterocycles. The summed E-state index contributed by atoms with van der Waals surface area (Å²) in [5.74, 6) is 0.891. The summed E-state index contributed by atoms with van der Waals surface area (Å²) in [6, 6.07) is 18.7. The van der Waals surface area contributed by atoms with Crippen molar-refractivity contribution < 1.29 is 17.9 Å². The third kappa shape index (κ3) is 10.4. The Bertz CT molecular complexity index is 1250. The van der Waals surface area contributed by atoms with Gasteiger partial charge in [-0.3, -0.25) is 4.68 Å². The fraction of sp³-hybridized carbons (Fsp3) is 0.464. The van der Waals surface area contributed by atoms with E-state index in [4.69, 9.17) is 4.74 Å². The summed E-state index contributed by atoms with van der Waals surface area (Å²) < 4.78 is 35.7. The number of alkyl carbamates (subject to hydrolysis) is 1. The molecule has 11 heteroatoms. The van der Waals surface area contributed by atoms with Crippen molar-refractivity contribution in [1.29, 1.82) is 0 Å². The molecule has 39 heavy (non-hydrogen) atoms. The Labute approximate surface area is 231 Å².